The summed E-state index contributed by atoms with van der Waals surface area (Å²) in [5.74, 6) is -1.78. The number of carboxylic acid groups (broad SMARTS) is 1. The monoisotopic (exact) mass is 340 g/mol. The fourth-order valence-corrected chi connectivity index (χ4v) is 3.92. The number of rotatable bonds is 5. The van der Waals surface area contributed by atoms with Gasteiger partial charge in [-0.1, -0.05) is 19.9 Å². The number of amides is 1. The van der Waals surface area contributed by atoms with E-state index in [2.05, 4.69) is 4.72 Å². The number of aliphatic carboxylic acids is 1. The smallest absolute Gasteiger partial charge is 0.322 e. The molecule has 1 amide bonds. The largest absolute Gasteiger partial charge is 0.480 e. The summed E-state index contributed by atoms with van der Waals surface area (Å²) in [4.78, 5) is 24.3. The van der Waals surface area contributed by atoms with Crippen LogP contribution in [0.15, 0.2) is 23.1 Å². The van der Waals surface area contributed by atoms with Crippen LogP contribution < -0.4 is 9.62 Å². The van der Waals surface area contributed by atoms with Crippen molar-refractivity contribution in [2.75, 3.05) is 11.4 Å². The van der Waals surface area contributed by atoms with Crippen molar-refractivity contribution in [1.29, 1.82) is 0 Å². The molecule has 2 N–H and O–H groups in total. The molecule has 8 heteroatoms. The molecule has 0 aliphatic carbocycles. The molecule has 0 aromatic heterocycles. The first-order valence-corrected chi connectivity index (χ1v) is 8.78. The normalized spacial score (nSPS) is 15.6. The second kappa shape index (κ2) is 6.29. The molecule has 0 radical (unpaired) electrons. The number of hydrogen-bond donors (Lipinski definition) is 2. The van der Waals surface area contributed by atoms with Crippen LogP contribution in [0, 0.1) is 5.92 Å². The quantitative estimate of drug-likeness (QED) is 0.832. The minimum absolute atomic E-state index is 0.0451. The van der Waals surface area contributed by atoms with E-state index in [0.29, 0.717) is 18.7 Å². The molecule has 0 saturated heterocycles. The molecule has 1 aromatic carbocycles. The summed E-state index contributed by atoms with van der Waals surface area (Å²) in [6.07, 6.45) is 0.673. The minimum atomic E-state index is -3.99. The van der Waals surface area contributed by atoms with Crippen LogP contribution in [0.25, 0.3) is 0 Å². The highest BCUT2D eigenvalue weighted by atomic mass is 32.2. The maximum atomic E-state index is 12.4. The number of anilines is 1. The van der Waals surface area contributed by atoms with Gasteiger partial charge in [-0.25, -0.2) is 8.42 Å². The van der Waals surface area contributed by atoms with Crippen LogP contribution in [0.3, 0.4) is 0 Å². The molecule has 0 unspecified atom stereocenters. The van der Waals surface area contributed by atoms with Gasteiger partial charge < -0.3 is 10.0 Å². The predicted molar refractivity (Wildman–Crippen MR) is 84.8 cm³/mol. The Kier molecular flexibility index (Phi) is 4.76. The Bertz CT molecular complexity index is 742. The standard InChI is InChI=1S/C15H20N2O5S/c1-9(2)14(15(19)20)16-23(21,22)12-5-4-11-6-7-17(10(3)18)13(11)8-12/h4-5,8-9,14,16H,6-7H2,1-3H3,(H,19,20)/t14-/m0/s1. The van der Waals surface area contributed by atoms with E-state index in [-0.39, 0.29) is 10.8 Å². The van der Waals surface area contributed by atoms with Gasteiger partial charge in [0, 0.05) is 19.2 Å². The maximum Gasteiger partial charge on any atom is 0.322 e. The molecule has 0 bridgehead atoms. The second-order valence-corrected chi connectivity index (χ2v) is 7.61. The zero-order valence-corrected chi connectivity index (χ0v) is 14.1. The summed E-state index contributed by atoms with van der Waals surface area (Å²) in [5.41, 5.74) is 1.47. The van der Waals surface area contributed by atoms with E-state index >= 15 is 0 Å². The van der Waals surface area contributed by atoms with Crippen LogP contribution in [0.5, 0.6) is 0 Å². The van der Waals surface area contributed by atoms with Gasteiger partial charge in [-0.05, 0) is 30.0 Å². The van der Waals surface area contributed by atoms with E-state index in [1.807, 2.05) is 0 Å². The Morgan fingerprint density at radius 1 is 1.30 bits per heavy atom. The van der Waals surface area contributed by atoms with E-state index < -0.39 is 28.0 Å². The van der Waals surface area contributed by atoms with E-state index in [9.17, 15) is 18.0 Å². The van der Waals surface area contributed by atoms with Gasteiger partial charge in [0.05, 0.1) is 4.90 Å². The Hall–Kier alpha value is -1.93. The fraction of sp³-hybridized carbons (Fsp3) is 0.467. The Labute approximate surface area is 135 Å². The Balaban J connectivity index is 2.36. The molecule has 7 nitrogen and oxygen atoms in total. The number of hydrogen-bond acceptors (Lipinski definition) is 4. The van der Waals surface area contributed by atoms with Crippen LogP contribution in [0.4, 0.5) is 5.69 Å². The molecule has 2 rings (SSSR count). The van der Waals surface area contributed by atoms with E-state index in [1.54, 1.807) is 19.9 Å². The van der Waals surface area contributed by atoms with Gasteiger partial charge in [-0.3, -0.25) is 9.59 Å². The molecule has 1 heterocycles. The molecule has 0 saturated carbocycles. The average Bonchev–Trinajstić information content (AvgIpc) is 2.87. The highest BCUT2D eigenvalue weighted by molar-refractivity contribution is 7.89. The van der Waals surface area contributed by atoms with Crippen molar-refractivity contribution < 1.29 is 23.1 Å². The number of carbonyl (C=O) groups excluding carboxylic acids is 1. The summed E-state index contributed by atoms with van der Waals surface area (Å²) < 4.78 is 27.1. The lowest BCUT2D eigenvalue weighted by Crippen LogP contribution is -2.44. The summed E-state index contributed by atoms with van der Waals surface area (Å²) in [6, 6.07) is 3.31. The summed E-state index contributed by atoms with van der Waals surface area (Å²) in [5, 5.41) is 9.14. The average molecular weight is 340 g/mol. The number of carboxylic acids is 1. The van der Waals surface area contributed by atoms with Gasteiger partial charge in [-0.15, -0.1) is 0 Å². The van der Waals surface area contributed by atoms with Gasteiger partial charge in [-0.2, -0.15) is 4.72 Å². The third kappa shape index (κ3) is 3.53. The number of carbonyl (C=O) groups is 2. The van der Waals surface area contributed by atoms with E-state index in [4.69, 9.17) is 5.11 Å². The van der Waals surface area contributed by atoms with Crippen molar-refractivity contribution in [2.45, 2.75) is 38.1 Å². The lowest BCUT2D eigenvalue weighted by Gasteiger charge is -2.19. The second-order valence-electron chi connectivity index (χ2n) is 5.89. The van der Waals surface area contributed by atoms with Crippen molar-refractivity contribution in [1.82, 2.24) is 4.72 Å². The highest BCUT2D eigenvalue weighted by Gasteiger charge is 2.30. The van der Waals surface area contributed by atoms with Gasteiger partial charge in [0.25, 0.3) is 0 Å². The molecular formula is C15H20N2O5S. The summed E-state index contributed by atoms with van der Waals surface area (Å²) >= 11 is 0. The molecule has 1 aliphatic rings. The van der Waals surface area contributed by atoms with Crippen molar-refractivity contribution in [3.05, 3.63) is 23.8 Å². The van der Waals surface area contributed by atoms with Gasteiger partial charge >= 0.3 is 5.97 Å². The van der Waals surface area contributed by atoms with Crippen molar-refractivity contribution in [3.63, 3.8) is 0 Å². The first kappa shape index (κ1) is 17.4. The maximum absolute atomic E-state index is 12.4. The Morgan fingerprint density at radius 2 is 1.96 bits per heavy atom. The van der Waals surface area contributed by atoms with E-state index in [0.717, 1.165) is 5.56 Å². The van der Waals surface area contributed by atoms with E-state index in [1.165, 1.54) is 24.0 Å². The van der Waals surface area contributed by atoms with Gasteiger partial charge in [0.1, 0.15) is 6.04 Å². The van der Waals surface area contributed by atoms with Gasteiger partial charge in [0.15, 0.2) is 0 Å². The molecular weight excluding hydrogens is 320 g/mol. The number of nitrogens with one attached hydrogen (secondary N) is 1. The molecule has 23 heavy (non-hydrogen) atoms. The molecule has 1 aromatic rings. The van der Waals surface area contributed by atoms with Crippen LogP contribution in [0.1, 0.15) is 26.3 Å². The summed E-state index contributed by atoms with van der Waals surface area (Å²) in [7, 11) is -3.99. The zero-order valence-electron chi connectivity index (χ0n) is 13.2. The number of benzene rings is 1. The molecule has 126 valence electrons. The molecule has 0 spiro atoms. The predicted octanol–water partition coefficient (Wildman–Crippen LogP) is 0.983. The Morgan fingerprint density at radius 3 is 2.48 bits per heavy atom. The third-order valence-electron chi connectivity index (χ3n) is 3.86. The number of fused-ring (bicyclic) bond motifs is 1. The lowest BCUT2D eigenvalue weighted by molar-refractivity contribution is -0.140. The van der Waals surface area contributed by atoms with Crippen molar-refractivity contribution >= 4 is 27.6 Å². The van der Waals surface area contributed by atoms with Crippen molar-refractivity contribution in [2.24, 2.45) is 5.92 Å². The van der Waals surface area contributed by atoms with Crippen molar-refractivity contribution in [3.8, 4) is 0 Å². The molecule has 1 aliphatic heterocycles. The molecule has 0 fully saturated rings. The lowest BCUT2D eigenvalue weighted by atomic mass is 10.1. The van der Waals surface area contributed by atoms with Crippen LogP contribution >= 0.6 is 0 Å². The number of nitrogens with zero attached hydrogens (tertiary/aromatic N) is 1. The van der Waals surface area contributed by atoms with Gasteiger partial charge in [0.2, 0.25) is 15.9 Å². The first-order chi connectivity index (χ1) is 10.6. The first-order valence-electron chi connectivity index (χ1n) is 7.29. The third-order valence-corrected chi connectivity index (χ3v) is 5.30. The minimum Gasteiger partial charge on any atom is -0.480 e. The zero-order chi connectivity index (χ0) is 17.4. The SMILES string of the molecule is CC(=O)N1CCc2ccc(S(=O)(=O)N[C@H](C(=O)O)C(C)C)cc21. The highest BCUT2D eigenvalue weighted by Crippen LogP contribution is 2.30. The number of sulfonamides is 1. The van der Waals surface area contributed by atoms with Crippen LogP contribution in [-0.2, 0) is 26.0 Å². The summed E-state index contributed by atoms with van der Waals surface area (Å²) in [6.45, 7) is 5.20. The fourth-order valence-electron chi connectivity index (χ4n) is 2.56. The topological polar surface area (TPSA) is 104 Å². The molecule has 1 atom stereocenters. The van der Waals surface area contributed by atoms with Crippen LogP contribution in [0.2, 0.25) is 0 Å². The van der Waals surface area contributed by atoms with Crippen LogP contribution in [-0.4, -0.2) is 38.0 Å².